The van der Waals surface area contributed by atoms with Gasteiger partial charge in [-0.05, 0) is 31.0 Å². The summed E-state index contributed by atoms with van der Waals surface area (Å²) in [6.45, 7) is 0.723. The molecule has 13 nitrogen and oxygen atoms in total. The van der Waals surface area contributed by atoms with Crippen molar-refractivity contribution < 1.29 is 39.3 Å². The van der Waals surface area contributed by atoms with Gasteiger partial charge in [0.2, 0.25) is 23.6 Å². The van der Waals surface area contributed by atoms with Crippen molar-refractivity contribution in [2.45, 2.75) is 50.4 Å². The number of nitrogens with two attached hydrogens (primary N) is 2. The molecule has 10 N–H and O–H groups in total. The number of carbonyl (C=O) groups is 5. The average molecular weight is 467 g/mol. The van der Waals surface area contributed by atoms with Crippen LogP contribution in [0.1, 0.15) is 25.3 Å². The normalized spacial score (nSPS) is 14.3. The number of hydrogen-bond donors (Lipinski definition) is 8. The molecule has 182 valence electrons. The van der Waals surface area contributed by atoms with E-state index in [0.29, 0.717) is 5.56 Å². The first-order chi connectivity index (χ1) is 15.4. The zero-order valence-electron chi connectivity index (χ0n) is 18.0. The van der Waals surface area contributed by atoms with E-state index in [4.69, 9.17) is 11.5 Å². The molecule has 1 aromatic carbocycles. The third-order valence-electron chi connectivity index (χ3n) is 4.57. The molecule has 4 unspecified atom stereocenters. The smallest absolute Gasteiger partial charge is 0.326 e. The number of phenolic OH excluding ortho intramolecular Hbond substituents is 1. The number of benzene rings is 1. The Bertz CT molecular complexity index is 859. The Balaban J connectivity index is 2.81. The number of nitrogens with one attached hydrogen (secondary N) is 3. The standard InChI is InChI=1S/C20H29N5O8/c1-10(26)17(22)19(31)23-9-16(29)24-13(6-7-15(21)28)18(30)25-14(20(32)33)8-11-2-4-12(27)5-3-11/h2-5,10,13-14,17,26-27H,6-9,22H2,1H3,(H2,21,28)(H,23,31)(H,24,29)(H,25,30)(H,32,33). The first kappa shape index (κ1) is 27.3. The molecule has 4 atom stereocenters. The van der Waals surface area contributed by atoms with Crippen LogP contribution < -0.4 is 27.4 Å². The Labute approximate surface area is 189 Å². The van der Waals surface area contributed by atoms with Gasteiger partial charge < -0.3 is 42.7 Å². The molecule has 4 amide bonds. The summed E-state index contributed by atoms with van der Waals surface area (Å²) in [6, 6.07) is 1.78. The molecule has 1 rings (SSSR count). The lowest BCUT2D eigenvalue weighted by molar-refractivity contribution is -0.142. The minimum Gasteiger partial charge on any atom is -0.508 e. The first-order valence-corrected chi connectivity index (χ1v) is 10.0. The number of aliphatic hydroxyl groups excluding tert-OH is 1. The van der Waals surface area contributed by atoms with E-state index in [2.05, 4.69) is 16.0 Å². The van der Waals surface area contributed by atoms with Gasteiger partial charge in [0, 0.05) is 12.8 Å². The number of amides is 4. The second-order valence-corrected chi connectivity index (χ2v) is 7.38. The van der Waals surface area contributed by atoms with E-state index in [1.165, 1.54) is 31.2 Å². The van der Waals surface area contributed by atoms with Gasteiger partial charge in [-0.25, -0.2) is 4.79 Å². The summed E-state index contributed by atoms with van der Waals surface area (Å²) in [5, 5.41) is 34.9. The number of rotatable bonds is 13. The van der Waals surface area contributed by atoms with Gasteiger partial charge in [0.15, 0.2) is 0 Å². The number of primary amides is 1. The number of carbonyl (C=O) groups excluding carboxylic acids is 4. The molecule has 0 bridgehead atoms. The molecule has 0 saturated heterocycles. The summed E-state index contributed by atoms with van der Waals surface area (Å²) in [5.74, 6) is -4.56. The number of aliphatic carboxylic acids is 1. The molecule has 0 heterocycles. The lowest BCUT2D eigenvalue weighted by atomic mass is 10.0. The van der Waals surface area contributed by atoms with E-state index >= 15 is 0 Å². The monoisotopic (exact) mass is 467 g/mol. The fourth-order valence-electron chi connectivity index (χ4n) is 2.65. The van der Waals surface area contributed by atoms with Crippen molar-refractivity contribution in [2.75, 3.05) is 6.54 Å². The van der Waals surface area contributed by atoms with Crippen molar-refractivity contribution in [1.82, 2.24) is 16.0 Å². The van der Waals surface area contributed by atoms with Gasteiger partial charge in [-0.15, -0.1) is 0 Å². The van der Waals surface area contributed by atoms with Gasteiger partial charge in [0.05, 0.1) is 12.6 Å². The summed E-state index contributed by atoms with van der Waals surface area (Å²) in [5.41, 5.74) is 11.1. The molecule has 0 aliphatic rings. The van der Waals surface area contributed by atoms with Crippen LogP contribution in [0.4, 0.5) is 0 Å². The molecule has 33 heavy (non-hydrogen) atoms. The number of aliphatic hydroxyl groups is 1. The van der Waals surface area contributed by atoms with Gasteiger partial charge in [-0.3, -0.25) is 19.2 Å². The summed E-state index contributed by atoms with van der Waals surface area (Å²) in [7, 11) is 0. The lowest BCUT2D eigenvalue weighted by Gasteiger charge is -2.22. The van der Waals surface area contributed by atoms with Crippen LogP contribution in [0.3, 0.4) is 0 Å². The van der Waals surface area contributed by atoms with Crippen molar-refractivity contribution >= 4 is 29.6 Å². The first-order valence-electron chi connectivity index (χ1n) is 10.0. The third-order valence-corrected chi connectivity index (χ3v) is 4.57. The predicted octanol–water partition coefficient (Wildman–Crippen LogP) is -2.92. The topological polar surface area (TPSA) is 234 Å². The number of aromatic hydroxyl groups is 1. The van der Waals surface area contributed by atoms with Crippen LogP contribution >= 0.6 is 0 Å². The van der Waals surface area contributed by atoms with Crippen molar-refractivity contribution in [3.05, 3.63) is 29.8 Å². The molecule has 13 heteroatoms. The number of carboxylic acids is 1. The number of phenols is 1. The summed E-state index contributed by atoms with van der Waals surface area (Å²) in [6.07, 6.45) is -1.73. The third kappa shape index (κ3) is 9.97. The quantitative estimate of drug-likeness (QED) is 0.148. The number of carboxylic acid groups (broad SMARTS) is 1. The van der Waals surface area contributed by atoms with Crippen molar-refractivity contribution in [3.8, 4) is 5.75 Å². The van der Waals surface area contributed by atoms with E-state index in [1.807, 2.05) is 0 Å². The van der Waals surface area contributed by atoms with Crippen LogP contribution in [0.15, 0.2) is 24.3 Å². The Kier molecular flexibility index (Phi) is 10.7. The fraction of sp³-hybridized carbons (Fsp3) is 0.450. The molecule has 0 aliphatic heterocycles. The Morgan fingerprint density at radius 2 is 1.61 bits per heavy atom. The van der Waals surface area contributed by atoms with Gasteiger partial charge in [0.25, 0.3) is 0 Å². The van der Waals surface area contributed by atoms with Crippen LogP contribution in [-0.2, 0) is 30.4 Å². The van der Waals surface area contributed by atoms with Crippen LogP contribution in [0, 0.1) is 0 Å². The summed E-state index contributed by atoms with van der Waals surface area (Å²) < 4.78 is 0. The molecule has 0 fully saturated rings. The highest BCUT2D eigenvalue weighted by atomic mass is 16.4. The molecule has 0 radical (unpaired) electrons. The molecule has 0 aromatic heterocycles. The minimum atomic E-state index is -1.36. The Morgan fingerprint density at radius 3 is 2.12 bits per heavy atom. The zero-order valence-corrected chi connectivity index (χ0v) is 18.0. The number of hydrogen-bond acceptors (Lipinski definition) is 8. The molecule has 0 aliphatic carbocycles. The van der Waals surface area contributed by atoms with Crippen LogP contribution in [0.2, 0.25) is 0 Å². The maximum Gasteiger partial charge on any atom is 0.326 e. The van der Waals surface area contributed by atoms with E-state index in [0.717, 1.165) is 0 Å². The average Bonchev–Trinajstić information content (AvgIpc) is 2.74. The summed E-state index contributed by atoms with van der Waals surface area (Å²) in [4.78, 5) is 59.3. The van der Waals surface area contributed by atoms with E-state index < -0.39 is 60.4 Å². The zero-order chi connectivity index (χ0) is 25.1. The maximum atomic E-state index is 12.7. The van der Waals surface area contributed by atoms with Gasteiger partial charge in [-0.1, -0.05) is 12.1 Å². The van der Waals surface area contributed by atoms with Crippen molar-refractivity contribution in [1.29, 1.82) is 0 Å². The Morgan fingerprint density at radius 1 is 1.00 bits per heavy atom. The van der Waals surface area contributed by atoms with E-state index in [9.17, 15) is 39.3 Å². The van der Waals surface area contributed by atoms with Crippen LogP contribution in [0.25, 0.3) is 0 Å². The SMILES string of the molecule is CC(O)C(N)C(=O)NCC(=O)NC(CCC(N)=O)C(=O)NC(Cc1ccc(O)cc1)C(=O)O. The molecule has 0 spiro atoms. The fourth-order valence-corrected chi connectivity index (χ4v) is 2.65. The Hall–Kier alpha value is -3.71. The molecule has 1 aromatic rings. The summed E-state index contributed by atoms with van der Waals surface area (Å²) >= 11 is 0. The largest absolute Gasteiger partial charge is 0.508 e. The minimum absolute atomic E-state index is 0.00891. The van der Waals surface area contributed by atoms with Gasteiger partial charge in [-0.2, -0.15) is 0 Å². The van der Waals surface area contributed by atoms with Crippen molar-refractivity contribution in [2.24, 2.45) is 11.5 Å². The maximum absolute atomic E-state index is 12.7. The second-order valence-electron chi connectivity index (χ2n) is 7.38. The van der Waals surface area contributed by atoms with Crippen molar-refractivity contribution in [3.63, 3.8) is 0 Å². The molecular weight excluding hydrogens is 438 g/mol. The van der Waals surface area contributed by atoms with Gasteiger partial charge >= 0.3 is 5.97 Å². The molecule has 0 saturated carbocycles. The highest BCUT2D eigenvalue weighted by Gasteiger charge is 2.27. The van der Waals surface area contributed by atoms with Crippen LogP contribution in [0.5, 0.6) is 5.75 Å². The van der Waals surface area contributed by atoms with Crippen LogP contribution in [-0.4, -0.2) is 75.7 Å². The highest BCUT2D eigenvalue weighted by Crippen LogP contribution is 2.12. The van der Waals surface area contributed by atoms with E-state index in [-0.39, 0.29) is 25.0 Å². The van der Waals surface area contributed by atoms with Gasteiger partial charge in [0.1, 0.15) is 23.9 Å². The predicted molar refractivity (Wildman–Crippen MR) is 114 cm³/mol. The molecular formula is C20H29N5O8. The highest BCUT2D eigenvalue weighted by molar-refractivity contribution is 5.93. The second kappa shape index (κ2) is 13.0. The lowest BCUT2D eigenvalue weighted by Crippen LogP contribution is -2.54. The van der Waals surface area contributed by atoms with E-state index in [1.54, 1.807) is 0 Å².